The molecule has 0 bridgehead atoms. The molecular weight excluding hydrogens is 828 g/mol. The number of hydrogen-bond acceptors (Lipinski definition) is 8. The molecule has 0 aliphatic carbocycles. The van der Waals surface area contributed by atoms with E-state index >= 15 is 0 Å². The Balaban J connectivity index is 6.43. The molecule has 0 spiro atoms. The summed E-state index contributed by atoms with van der Waals surface area (Å²) in [5, 5.41) is -1.94. The fourth-order valence-corrected chi connectivity index (χ4v) is 4.81. The van der Waals surface area contributed by atoms with E-state index in [9.17, 15) is 87.8 Å². The van der Waals surface area contributed by atoms with Crippen LogP contribution in [-0.2, 0) is 23.7 Å². The van der Waals surface area contributed by atoms with Crippen molar-refractivity contribution in [2.75, 3.05) is 31.3 Å². The van der Waals surface area contributed by atoms with Gasteiger partial charge in [0.05, 0.1) is 37.1 Å². The van der Waals surface area contributed by atoms with Crippen LogP contribution < -0.4 is 0 Å². The molecule has 52 heavy (non-hydrogen) atoms. The number of thioether (sulfide) groups is 2. The van der Waals surface area contributed by atoms with E-state index in [2.05, 4.69) is 9.47 Å². The quantitative estimate of drug-likeness (QED) is 0.0966. The second kappa shape index (κ2) is 18.3. The molecule has 4 atom stereocenters. The summed E-state index contributed by atoms with van der Waals surface area (Å²) in [6.45, 7) is 3.13. The average molecular weight is 859 g/mol. The number of rotatable bonds is 24. The Labute approximate surface area is 289 Å². The number of alkyl halides is 20. The van der Waals surface area contributed by atoms with Gasteiger partial charge in [-0.3, -0.25) is 9.47 Å². The predicted octanol–water partition coefficient (Wildman–Crippen LogP) is 9.20. The summed E-state index contributed by atoms with van der Waals surface area (Å²) in [5.74, 6) is -17.7. The first-order chi connectivity index (χ1) is 22.9. The highest BCUT2D eigenvalue weighted by molar-refractivity contribution is 8.00. The zero-order chi connectivity index (χ0) is 41.6. The maximum Gasteiger partial charge on any atom is 0.462 e. The van der Waals surface area contributed by atoms with E-state index in [-0.39, 0.29) is 13.0 Å². The first kappa shape index (κ1) is 51.1. The minimum atomic E-state index is -7.21. The van der Waals surface area contributed by atoms with Gasteiger partial charge in [0.1, 0.15) is 0 Å². The van der Waals surface area contributed by atoms with Crippen LogP contribution in [0.3, 0.4) is 0 Å². The van der Waals surface area contributed by atoms with Crippen LogP contribution in [0.4, 0.5) is 87.8 Å². The molecule has 0 saturated heterocycles. The van der Waals surface area contributed by atoms with Gasteiger partial charge in [-0.05, 0) is 34.1 Å². The van der Waals surface area contributed by atoms with Crippen molar-refractivity contribution >= 4 is 23.5 Å². The minimum Gasteiger partial charge on any atom is -0.394 e. The predicted molar refractivity (Wildman–Crippen MR) is 140 cm³/mol. The average Bonchev–Trinajstić information content (AvgIpc) is 2.93. The summed E-state index contributed by atoms with van der Waals surface area (Å²) in [6, 6.07) is 0. The van der Waals surface area contributed by atoms with E-state index in [0.29, 0.717) is 0 Å². The molecule has 0 fully saturated rings. The third-order valence-corrected chi connectivity index (χ3v) is 7.95. The summed E-state index contributed by atoms with van der Waals surface area (Å²) < 4.78 is 286. The van der Waals surface area contributed by atoms with Crippen LogP contribution in [-0.4, -0.2) is 120 Å². The standard InChI is InChI=1S/C24H30F20O6S2/c1-11(2)46-7-5-16(3,4)48-13(10-52-18(29,30)15(26)50-24(43,44)20(33,34)22(38,39)40)12(47-8-6-45)9-51-17(27,28)14(25)49-23(41,42)19(31,32)21(35,36)37/h11-15,45H,5-10H2,1-4H3. The minimum absolute atomic E-state index is 0.212. The summed E-state index contributed by atoms with van der Waals surface area (Å²) in [6.07, 6.45) is -43.3. The van der Waals surface area contributed by atoms with Gasteiger partial charge in [0.2, 0.25) is 0 Å². The maximum atomic E-state index is 14.5. The van der Waals surface area contributed by atoms with E-state index in [1.807, 2.05) is 0 Å². The Kier molecular flexibility index (Phi) is 18.0. The van der Waals surface area contributed by atoms with E-state index in [4.69, 9.17) is 19.3 Å². The first-order valence-corrected chi connectivity index (χ1v) is 15.7. The molecule has 0 rings (SSSR count). The Morgan fingerprint density at radius 3 is 1.23 bits per heavy atom. The summed E-state index contributed by atoms with van der Waals surface area (Å²) in [7, 11) is 0. The molecule has 1 N–H and O–H groups in total. The van der Waals surface area contributed by atoms with E-state index < -0.39 is 132 Å². The summed E-state index contributed by atoms with van der Waals surface area (Å²) in [5.41, 5.74) is -1.67. The van der Waals surface area contributed by atoms with Gasteiger partial charge in [0.15, 0.2) is 0 Å². The fourth-order valence-electron chi connectivity index (χ4n) is 3.09. The van der Waals surface area contributed by atoms with Crippen molar-refractivity contribution in [2.45, 2.75) is 118 Å². The second-order valence-electron chi connectivity index (χ2n) is 11.0. The SMILES string of the molecule is CC(C)OCCC(C)(C)OC(CSC(F)(F)C(F)OC(F)(F)C(F)(F)C(F)(F)F)C(CSC(F)(F)C(F)OC(F)(F)C(F)(F)C(F)(F)F)OCCO. The van der Waals surface area contributed by atoms with Crippen LogP contribution >= 0.6 is 23.5 Å². The van der Waals surface area contributed by atoms with Crippen molar-refractivity contribution in [3.05, 3.63) is 0 Å². The van der Waals surface area contributed by atoms with Gasteiger partial charge in [0, 0.05) is 18.1 Å². The Morgan fingerprint density at radius 2 is 0.904 bits per heavy atom. The Bertz CT molecular complexity index is 1080. The lowest BCUT2D eigenvalue weighted by Gasteiger charge is -2.36. The highest BCUT2D eigenvalue weighted by atomic mass is 32.2. The van der Waals surface area contributed by atoms with Crippen molar-refractivity contribution in [2.24, 2.45) is 0 Å². The van der Waals surface area contributed by atoms with Crippen molar-refractivity contribution in [3.63, 3.8) is 0 Å². The molecule has 0 aromatic rings. The lowest BCUT2D eigenvalue weighted by atomic mass is 10.0. The van der Waals surface area contributed by atoms with Gasteiger partial charge >= 0.3 is 46.9 Å². The number of hydrogen-bond donors (Lipinski definition) is 1. The number of halogens is 20. The monoisotopic (exact) mass is 858 g/mol. The molecule has 0 saturated carbocycles. The third-order valence-electron chi connectivity index (χ3n) is 5.82. The maximum absolute atomic E-state index is 14.5. The van der Waals surface area contributed by atoms with Gasteiger partial charge < -0.3 is 19.3 Å². The smallest absolute Gasteiger partial charge is 0.394 e. The Hall–Kier alpha value is -0.940. The lowest BCUT2D eigenvalue weighted by molar-refractivity contribution is -0.446. The number of ether oxygens (including phenoxy) is 5. The van der Waals surface area contributed by atoms with Crippen LogP contribution in [0.5, 0.6) is 0 Å². The highest BCUT2D eigenvalue weighted by Gasteiger charge is 2.77. The summed E-state index contributed by atoms with van der Waals surface area (Å²) >= 11 is -2.49. The van der Waals surface area contributed by atoms with Gasteiger partial charge in [-0.15, -0.1) is 0 Å². The van der Waals surface area contributed by atoms with Gasteiger partial charge in [-0.1, -0.05) is 23.5 Å². The largest absolute Gasteiger partial charge is 0.462 e. The molecule has 6 nitrogen and oxygen atoms in total. The van der Waals surface area contributed by atoms with E-state index in [0.717, 1.165) is 13.8 Å². The van der Waals surface area contributed by atoms with Gasteiger partial charge in [-0.25, -0.2) is 8.78 Å². The van der Waals surface area contributed by atoms with Crippen molar-refractivity contribution in [1.82, 2.24) is 0 Å². The number of aliphatic hydroxyl groups is 1. The first-order valence-electron chi connectivity index (χ1n) is 13.7. The molecule has 0 amide bonds. The lowest BCUT2D eigenvalue weighted by Crippen LogP contribution is -2.55. The topological polar surface area (TPSA) is 66.4 Å². The molecular formula is C24H30F20O6S2. The molecule has 0 aliphatic heterocycles. The molecule has 0 aromatic carbocycles. The van der Waals surface area contributed by atoms with Crippen molar-refractivity contribution < 1.29 is 117 Å². The normalized spacial score (nSPS) is 17.4. The van der Waals surface area contributed by atoms with Gasteiger partial charge in [0.25, 0.3) is 12.7 Å². The van der Waals surface area contributed by atoms with Crippen LogP contribution in [0, 0.1) is 0 Å². The zero-order valence-corrected chi connectivity index (χ0v) is 28.1. The fraction of sp³-hybridized carbons (Fsp3) is 1.00. The van der Waals surface area contributed by atoms with Crippen LogP contribution in [0.2, 0.25) is 0 Å². The summed E-state index contributed by atoms with van der Waals surface area (Å²) in [4.78, 5) is 0. The molecule has 0 heterocycles. The van der Waals surface area contributed by atoms with Crippen molar-refractivity contribution in [1.29, 1.82) is 0 Å². The van der Waals surface area contributed by atoms with E-state index in [1.54, 1.807) is 0 Å². The molecule has 314 valence electrons. The van der Waals surface area contributed by atoms with Crippen LogP contribution in [0.15, 0.2) is 0 Å². The molecule has 4 unspecified atom stereocenters. The molecule has 0 aromatic heterocycles. The molecule has 28 heteroatoms. The third kappa shape index (κ3) is 14.3. The Morgan fingerprint density at radius 1 is 0.538 bits per heavy atom. The van der Waals surface area contributed by atoms with E-state index in [1.165, 1.54) is 13.8 Å². The number of aliphatic hydroxyl groups excluding tert-OH is 1. The van der Waals surface area contributed by atoms with Crippen LogP contribution in [0.25, 0.3) is 0 Å². The van der Waals surface area contributed by atoms with Crippen LogP contribution in [0.1, 0.15) is 34.1 Å². The van der Waals surface area contributed by atoms with Gasteiger partial charge in [-0.2, -0.15) is 79.0 Å². The second-order valence-corrected chi connectivity index (χ2v) is 13.3. The zero-order valence-electron chi connectivity index (χ0n) is 26.5. The van der Waals surface area contributed by atoms with Crippen molar-refractivity contribution in [3.8, 4) is 0 Å². The molecule has 0 aliphatic rings. The molecule has 0 radical (unpaired) electrons. The highest BCUT2D eigenvalue weighted by Crippen LogP contribution is 2.51.